The first-order valence-electron chi connectivity index (χ1n) is 9.38. The van der Waals surface area contributed by atoms with Crippen LogP contribution >= 0.6 is 0 Å². The Morgan fingerprint density at radius 2 is 1.90 bits per heavy atom. The van der Waals surface area contributed by atoms with Crippen LogP contribution in [-0.4, -0.2) is 38.0 Å². The van der Waals surface area contributed by atoms with Gasteiger partial charge in [-0.1, -0.05) is 6.07 Å². The molecule has 7 heteroatoms. The number of fused-ring (bicyclic) bond motifs is 1. The van der Waals surface area contributed by atoms with Gasteiger partial charge in [-0.2, -0.15) is 0 Å². The number of ether oxygens (including phenoxy) is 3. The van der Waals surface area contributed by atoms with Gasteiger partial charge in [0.15, 0.2) is 24.2 Å². The molecule has 0 heterocycles. The molecule has 0 fully saturated rings. The number of amides is 1. The lowest BCUT2D eigenvalue weighted by Gasteiger charge is -2.15. The van der Waals surface area contributed by atoms with Crippen molar-refractivity contribution in [3.63, 3.8) is 0 Å². The molecule has 2 aromatic rings. The molecule has 7 nitrogen and oxygen atoms in total. The molecule has 2 aromatic carbocycles. The molecule has 1 aliphatic carbocycles. The minimum absolute atomic E-state index is 0.297. The summed E-state index contributed by atoms with van der Waals surface area (Å²) in [5, 5.41) is 2.77. The van der Waals surface area contributed by atoms with Crippen molar-refractivity contribution in [3.05, 3.63) is 53.1 Å². The zero-order chi connectivity index (χ0) is 20.8. The lowest BCUT2D eigenvalue weighted by Crippen LogP contribution is -2.31. The third kappa shape index (κ3) is 5.13. The number of hydrogen-bond acceptors (Lipinski definition) is 6. The molecule has 152 valence electrons. The summed E-state index contributed by atoms with van der Waals surface area (Å²) in [6, 6.07) is 10.4. The minimum Gasteiger partial charge on any atom is -0.493 e. The van der Waals surface area contributed by atoms with E-state index in [1.807, 2.05) is 18.2 Å². The third-order valence-electron chi connectivity index (χ3n) is 4.71. The highest BCUT2D eigenvalue weighted by atomic mass is 16.6. The number of carbonyl (C=O) groups is 3. The zero-order valence-electron chi connectivity index (χ0n) is 16.4. The van der Waals surface area contributed by atoms with E-state index < -0.39 is 24.6 Å². The van der Waals surface area contributed by atoms with Gasteiger partial charge in [-0.15, -0.1) is 0 Å². The van der Waals surface area contributed by atoms with Crippen LogP contribution in [0.3, 0.4) is 0 Å². The number of aldehydes is 1. The summed E-state index contributed by atoms with van der Waals surface area (Å²) < 4.78 is 15.7. The number of hydrogen-bond donors (Lipinski definition) is 1. The normalized spacial score (nSPS) is 13.2. The van der Waals surface area contributed by atoms with Crippen molar-refractivity contribution in [2.24, 2.45) is 0 Å². The monoisotopic (exact) mass is 397 g/mol. The first-order chi connectivity index (χ1) is 14.0. The van der Waals surface area contributed by atoms with Crippen LogP contribution in [0.5, 0.6) is 11.5 Å². The highest BCUT2D eigenvalue weighted by Crippen LogP contribution is 2.27. The van der Waals surface area contributed by atoms with Crippen LogP contribution in [0.2, 0.25) is 0 Å². The summed E-state index contributed by atoms with van der Waals surface area (Å²) in [7, 11) is 1.43. The number of rotatable bonds is 8. The van der Waals surface area contributed by atoms with Crippen LogP contribution in [0.25, 0.3) is 0 Å². The Kier molecular flexibility index (Phi) is 6.49. The van der Waals surface area contributed by atoms with Crippen LogP contribution in [0.4, 0.5) is 5.69 Å². The van der Waals surface area contributed by atoms with Gasteiger partial charge in [-0.3, -0.25) is 9.59 Å². The number of methoxy groups -OCH3 is 1. The van der Waals surface area contributed by atoms with Gasteiger partial charge in [0.2, 0.25) is 0 Å². The van der Waals surface area contributed by atoms with Crippen LogP contribution in [0.1, 0.15) is 34.8 Å². The lowest BCUT2D eigenvalue weighted by atomic mass is 10.1. The van der Waals surface area contributed by atoms with Crippen molar-refractivity contribution in [1.29, 1.82) is 0 Å². The molecule has 1 aliphatic rings. The van der Waals surface area contributed by atoms with Gasteiger partial charge in [0, 0.05) is 11.3 Å². The Morgan fingerprint density at radius 3 is 2.66 bits per heavy atom. The molecule has 0 aliphatic heterocycles. The van der Waals surface area contributed by atoms with Gasteiger partial charge in [0.05, 0.1) is 7.11 Å². The fraction of sp³-hybridized carbons (Fsp3) is 0.318. The van der Waals surface area contributed by atoms with Crippen LogP contribution in [-0.2, 0) is 27.2 Å². The molecule has 3 rings (SSSR count). The van der Waals surface area contributed by atoms with E-state index in [0.29, 0.717) is 29.0 Å². The highest BCUT2D eigenvalue weighted by Gasteiger charge is 2.20. The Hall–Kier alpha value is -3.35. The van der Waals surface area contributed by atoms with Gasteiger partial charge in [0.25, 0.3) is 5.91 Å². The van der Waals surface area contributed by atoms with E-state index in [-0.39, 0.29) is 0 Å². The largest absolute Gasteiger partial charge is 0.493 e. The molecule has 1 atom stereocenters. The van der Waals surface area contributed by atoms with Gasteiger partial charge in [-0.25, -0.2) is 4.79 Å². The average molecular weight is 397 g/mol. The molecule has 0 saturated heterocycles. The van der Waals surface area contributed by atoms with Crippen LogP contribution in [0, 0.1) is 0 Å². The SMILES string of the molecule is COc1cc(C=O)ccc1OCC(=O)O[C@H](C)C(=O)Nc1ccc2c(c1)CCC2. The van der Waals surface area contributed by atoms with E-state index in [4.69, 9.17) is 14.2 Å². The van der Waals surface area contributed by atoms with E-state index in [1.54, 1.807) is 6.07 Å². The molecule has 1 amide bonds. The topological polar surface area (TPSA) is 90.9 Å². The predicted octanol–water partition coefficient (Wildman–Crippen LogP) is 2.95. The van der Waals surface area contributed by atoms with E-state index >= 15 is 0 Å². The fourth-order valence-electron chi connectivity index (χ4n) is 3.19. The predicted molar refractivity (Wildman–Crippen MR) is 107 cm³/mol. The third-order valence-corrected chi connectivity index (χ3v) is 4.71. The molecule has 0 saturated carbocycles. The molecule has 1 N–H and O–H groups in total. The van der Waals surface area contributed by atoms with Crippen molar-refractivity contribution in [2.45, 2.75) is 32.3 Å². The van der Waals surface area contributed by atoms with Crippen LogP contribution < -0.4 is 14.8 Å². The summed E-state index contributed by atoms with van der Waals surface area (Å²) in [4.78, 5) is 35.2. The molecule has 0 radical (unpaired) electrons. The van der Waals surface area contributed by atoms with Crippen LogP contribution in [0.15, 0.2) is 36.4 Å². The number of esters is 1. The molecule has 0 spiro atoms. The van der Waals surface area contributed by atoms with E-state index in [9.17, 15) is 14.4 Å². The Balaban J connectivity index is 1.51. The van der Waals surface area contributed by atoms with E-state index in [1.165, 1.54) is 37.3 Å². The Morgan fingerprint density at radius 1 is 1.10 bits per heavy atom. The summed E-state index contributed by atoms with van der Waals surface area (Å²) in [5.74, 6) is -0.484. The quantitative estimate of drug-likeness (QED) is 0.544. The lowest BCUT2D eigenvalue weighted by molar-refractivity contribution is -0.155. The number of anilines is 1. The number of carbonyl (C=O) groups excluding carboxylic acids is 3. The highest BCUT2D eigenvalue weighted by molar-refractivity contribution is 5.95. The van der Waals surface area contributed by atoms with Crippen molar-refractivity contribution in [3.8, 4) is 11.5 Å². The van der Waals surface area contributed by atoms with E-state index in [2.05, 4.69) is 5.32 Å². The number of nitrogens with one attached hydrogen (secondary N) is 1. The summed E-state index contributed by atoms with van der Waals surface area (Å²) in [6.45, 7) is 1.10. The number of benzene rings is 2. The zero-order valence-corrected chi connectivity index (χ0v) is 16.4. The Bertz CT molecular complexity index is 924. The fourth-order valence-corrected chi connectivity index (χ4v) is 3.19. The van der Waals surface area contributed by atoms with Gasteiger partial charge >= 0.3 is 5.97 Å². The minimum atomic E-state index is -0.973. The van der Waals surface area contributed by atoms with Crippen molar-refractivity contribution >= 4 is 23.9 Å². The maximum atomic E-state index is 12.3. The second-order valence-electron chi connectivity index (χ2n) is 6.78. The Labute approximate surface area is 169 Å². The second-order valence-corrected chi connectivity index (χ2v) is 6.78. The van der Waals surface area contributed by atoms with Gasteiger partial charge in [-0.05, 0) is 67.6 Å². The summed E-state index contributed by atoms with van der Waals surface area (Å²) in [5.41, 5.74) is 3.68. The maximum absolute atomic E-state index is 12.3. The van der Waals surface area contributed by atoms with Gasteiger partial charge in [0.1, 0.15) is 6.29 Å². The molecule has 0 unspecified atom stereocenters. The van der Waals surface area contributed by atoms with Gasteiger partial charge < -0.3 is 19.5 Å². The second kappa shape index (κ2) is 9.23. The summed E-state index contributed by atoms with van der Waals surface area (Å²) in [6.07, 6.45) is 2.92. The molecule has 29 heavy (non-hydrogen) atoms. The van der Waals surface area contributed by atoms with Crippen molar-refractivity contribution < 1.29 is 28.6 Å². The average Bonchev–Trinajstić information content (AvgIpc) is 3.19. The van der Waals surface area contributed by atoms with Crippen molar-refractivity contribution in [2.75, 3.05) is 19.0 Å². The first-order valence-corrected chi connectivity index (χ1v) is 9.38. The standard InChI is InChI=1S/C22H23NO6/c1-14(22(26)23-18-8-7-16-4-3-5-17(16)11-18)29-21(25)13-28-19-9-6-15(12-24)10-20(19)27-2/h6-12,14H,3-5,13H2,1-2H3,(H,23,26)/t14-/m1/s1. The first kappa shape index (κ1) is 20.4. The van der Waals surface area contributed by atoms with E-state index in [0.717, 1.165) is 19.3 Å². The molecule has 0 aromatic heterocycles. The molecular weight excluding hydrogens is 374 g/mol. The smallest absolute Gasteiger partial charge is 0.344 e. The van der Waals surface area contributed by atoms with Crippen molar-refractivity contribution in [1.82, 2.24) is 0 Å². The molecule has 0 bridgehead atoms. The maximum Gasteiger partial charge on any atom is 0.344 e. The summed E-state index contributed by atoms with van der Waals surface area (Å²) >= 11 is 0. The number of aryl methyl sites for hydroxylation is 2. The molecular formula is C22H23NO6.